The summed E-state index contributed by atoms with van der Waals surface area (Å²) in [5.41, 5.74) is 5.70. The maximum atomic E-state index is 11.8. The third-order valence-corrected chi connectivity index (χ3v) is 3.23. The number of ether oxygens (including phenoxy) is 1. The Morgan fingerprint density at radius 2 is 2.10 bits per heavy atom. The van der Waals surface area contributed by atoms with Gasteiger partial charge in [-0.05, 0) is 6.92 Å². The van der Waals surface area contributed by atoms with Crippen molar-refractivity contribution in [2.45, 2.75) is 6.92 Å². The second-order valence-corrected chi connectivity index (χ2v) is 4.68. The van der Waals surface area contributed by atoms with Gasteiger partial charge in [0.15, 0.2) is 0 Å². The molecule has 9 heteroatoms. The second kappa shape index (κ2) is 7.02. The lowest BCUT2D eigenvalue weighted by molar-refractivity contribution is -0.127. The van der Waals surface area contributed by atoms with Crippen LogP contribution in [0, 0.1) is 0 Å². The van der Waals surface area contributed by atoms with Crippen LogP contribution in [0.2, 0.25) is 0 Å². The first-order chi connectivity index (χ1) is 10.1. The number of hydrogen-bond donors (Lipinski definition) is 2. The Labute approximate surface area is 123 Å². The van der Waals surface area contributed by atoms with E-state index in [1.807, 2.05) is 11.8 Å². The lowest BCUT2D eigenvalue weighted by Gasteiger charge is -2.26. The molecule has 0 spiro atoms. The van der Waals surface area contributed by atoms with Crippen LogP contribution in [-0.4, -0.2) is 72.2 Å². The molecule has 2 heterocycles. The van der Waals surface area contributed by atoms with E-state index in [2.05, 4.69) is 20.3 Å². The highest BCUT2D eigenvalue weighted by atomic mass is 16.5. The molecule has 21 heavy (non-hydrogen) atoms. The molecule has 1 fully saturated rings. The fourth-order valence-corrected chi connectivity index (χ4v) is 1.83. The maximum absolute atomic E-state index is 11.8. The highest BCUT2D eigenvalue weighted by Crippen LogP contribution is 2.13. The number of likely N-dealkylation sites (N-methyl/N-ethyl adjacent to an activating group) is 1. The highest BCUT2D eigenvalue weighted by molar-refractivity contribution is 5.80. The number of carbonyl (C=O) groups is 1. The molecule has 0 unspecified atom stereocenters. The molecule has 1 aromatic heterocycles. The van der Waals surface area contributed by atoms with Gasteiger partial charge in [-0.25, -0.2) is 0 Å². The Kier molecular flexibility index (Phi) is 5.09. The number of morpholine rings is 1. The molecule has 116 valence electrons. The number of anilines is 3. The predicted molar refractivity (Wildman–Crippen MR) is 79.1 cm³/mol. The molecule has 2 rings (SSSR count). The Hall–Kier alpha value is -2.16. The summed E-state index contributed by atoms with van der Waals surface area (Å²) in [4.78, 5) is 27.8. The lowest BCUT2D eigenvalue weighted by atomic mass is 10.4. The van der Waals surface area contributed by atoms with E-state index in [0.717, 1.165) is 0 Å². The monoisotopic (exact) mass is 295 g/mol. The van der Waals surface area contributed by atoms with Gasteiger partial charge in [0.25, 0.3) is 0 Å². The van der Waals surface area contributed by atoms with Crippen LogP contribution in [0.4, 0.5) is 17.8 Å². The van der Waals surface area contributed by atoms with Crippen LogP contribution in [0.15, 0.2) is 0 Å². The zero-order chi connectivity index (χ0) is 15.2. The van der Waals surface area contributed by atoms with Crippen molar-refractivity contribution >= 4 is 23.8 Å². The summed E-state index contributed by atoms with van der Waals surface area (Å²) in [6.45, 7) is 5.37. The van der Waals surface area contributed by atoms with Gasteiger partial charge in [-0.2, -0.15) is 15.0 Å². The molecular weight excluding hydrogens is 274 g/mol. The summed E-state index contributed by atoms with van der Waals surface area (Å²) in [6, 6.07) is 0. The molecule has 1 saturated heterocycles. The van der Waals surface area contributed by atoms with E-state index < -0.39 is 0 Å². The van der Waals surface area contributed by atoms with E-state index in [4.69, 9.17) is 10.5 Å². The first kappa shape index (κ1) is 15.2. The number of carbonyl (C=O) groups excluding carboxylic acids is 1. The number of nitrogens with one attached hydrogen (secondary N) is 1. The molecule has 0 aliphatic carbocycles. The van der Waals surface area contributed by atoms with Crippen LogP contribution in [-0.2, 0) is 9.53 Å². The fraction of sp³-hybridized carbons (Fsp3) is 0.667. The standard InChI is InChI=1S/C12H21N7O2/c1-3-18(2)9(20)8-14-11-15-10(13)16-12(17-11)19-4-6-21-7-5-19/h3-8H2,1-2H3,(H3,13,14,15,16,17). The van der Waals surface area contributed by atoms with Gasteiger partial charge in [-0.1, -0.05) is 0 Å². The van der Waals surface area contributed by atoms with E-state index in [1.165, 1.54) is 0 Å². The number of nitrogens with two attached hydrogens (primary N) is 1. The average molecular weight is 295 g/mol. The third kappa shape index (κ3) is 4.15. The minimum atomic E-state index is -0.0376. The largest absolute Gasteiger partial charge is 0.378 e. The minimum absolute atomic E-state index is 0.0376. The Morgan fingerprint density at radius 1 is 1.38 bits per heavy atom. The van der Waals surface area contributed by atoms with Crippen LogP contribution in [0.3, 0.4) is 0 Å². The summed E-state index contributed by atoms with van der Waals surface area (Å²) in [5, 5.41) is 2.89. The second-order valence-electron chi connectivity index (χ2n) is 4.68. The van der Waals surface area contributed by atoms with E-state index in [0.29, 0.717) is 44.7 Å². The van der Waals surface area contributed by atoms with Crippen molar-refractivity contribution in [3.8, 4) is 0 Å². The molecule has 9 nitrogen and oxygen atoms in total. The van der Waals surface area contributed by atoms with Crippen molar-refractivity contribution in [3.63, 3.8) is 0 Å². The smallest absolute Gasteiger partial charge is 0.241 e. The summed E-state index contributed by atoms with van der Waals surface area (Å²) in [7, 11) is 1.74. The minimum Gasteiger partial charge on any atom is -0.378 e. The van der Waals surface area contributed by atoms with Gasteiger partial charge in [0.05, 0.1) is 19.8 Å². The van der Waals surface area contributed by atoms with Gasteiger partial charge < -0.3 is 25.6 Å². The molecule has 0 saturated carbocycles. The number of nitrogen functional groups attached to an aromatic ring is 1. The molecule has 1 aliphatic heterocycles. The Morgan fingerprint density at radius 3 is 2.76 bits per heavy atom. The van der Waals surface area contributed by atoms with Gasteiger partial charge in [-0.3, -0.25) is 4.79 Å². The van der Waals surface area contributed by atoms with Gasteiger partial charge >= 0.3 is 0 Å². The van der Waals surface area contributed by atoms with Gasteiger partial charge in [0.2, 0.25) is 23.8 Å². The fourth-order valence-electron chi connectivity index (χ4n) is 1.83. The van der Waals surface area contributed by atoms with Crippen molar-refractivity contribution in [1.29, 1.82) is 0 Å². The first-order valence-corrected chi connectivity index (χ1v) is 6.92. The average Bonchev–Trinajstić information content (AvgIpc) is 2.52. The van der Waals surface area contributed by atoms with Crippen LogP contribution < -0.4 is 16.0 Å². The topological polar surface area (TPSA) is 110 Å². The molecule has 0 atom stereocenters. The van der Waals surface area contributed by atoms with Crippen molar-refractivity contribution < 1.29 is 9.53 Å². The van der Waals surface area contributed by atoms with Crippen molar-refractivity contribution in [3.05, 3.63) is 0 Å². The maximum Gasteiger partial charge on any atom is 0.241 e. The van der Waals surface area contributed by atoms with E-state index in [9.17, 15) is 4.79 Å². The molecule has 0 radical (unpaired) electrons. The molecular formula is C12H21N7O2. The third-order valence-electron chi connectivity index (χ3n) is 3.23. The number of nitrogens with zero attached hydrogens (tertiary/aromatic N) is 5. The quantitative estimate of drug-likeness (QED) is 0.725. The van der Waals surface area contributed by atoms with E-state index >= 15 is 0 Å². The molecule has 0 aromatic carbocycles. The summed E-state index contributed by atoms with van der Waals surface area (Å²) < 4.78 is 5.29. The molecule has 0 bridgehead atoms. The van der Waals surface area contributed by atoms with Crippen molar-refractivity contribution in [1.82, 2.24) is 19.9 Å². The predicted octanol–water partition coefficient (Wildman–Crippen LogP) is -0.819. The highest BCUT2D eigenvalue weighted by Gasteiger charge is 2.16. The van der Waals surface area contributed by atoms with Gasteiger partial charge in [-0.15, -0.1) is 0 Å². The zero-order valence-electron chi connectivity index (χ0n) is 12.4. The van der Waals surface area contributed by atoms with Crippen molar-refractivity contribution in [2.24, 2.45) is 0 Å². The summed E-state index contributed by atoms with van der Waals surface area (Å²) in [5.74, 6) is 0.904. The summed E-state index contributed by atoms with van der Waals surface area (Å²) in [6.07, 6.45) is 0. The van der Waals surface area contributed by atoms with Crippen LogP contribution >= 0.6 is 0 Å². The number of aromatic nitrogens is 3. The van der Waals surface area contributed by atoms with E-state index in [-0.39, 0.29) is 18.4 Å². The zero-order valence-corrected chi connectivity index (χ0v) is 12.4. The Balaban J connectivity index is 2.02. The summed E-state index contributed by atoms with van der Waals surface area (Å²) >= 11 is 0. The molecule has 1 amide bonds. The SMILES string of the molecule is CCN(C)C(=O)CNc1nc(N)nc(N2CCOCC2)n1. The number of amides is 1. The number of rotatable bonds is 5. The first-order valence-electron chi connectivity index (χ1n) is 6.92. The number of hydrogen-bond acceptors (Lipinski definition) is 8. The van der Waals surface area contributed by atoms with Crippen LogP contribution in [0.25, 0.3) is 0 Å². The van der Waals surface area contributed by atoms with Crippen molar-refractivity contribution in [2.75, 3.05) is 62.4 Å². The normalized spacial score (nSPS) is 14.9. The van der Waals surface area contributed by atoms with Crippen LogP contribution in [0.5, 0.6) is 0 Å². The Bertz CT molecular complexity index is 490. The van der Waals surface area contributed by atoms with Gasteiger partial charge in [0.1, 0.15) is 0 Å². The van der Waals surface area contributed by atoms with E-state index in [1.54, 1.807) is 11.9 Å². The van der Waals surface area contributed by atoms with Gasteiger partial charge in [0, 0.05) is 26.7 Å². The van der Waals surface area contributed by atoms with Crippen LogP contribution in [0.1, 0.15) is 6.92 Å². The lowest BCUT2D eigenvalue weighted by Crippen LogP contribution is -2.38. The molecule has 1 aliphatic rings. The molecule has 3 N–H and O–H groups in total. The molecule has 1 aromatic rings.